The Labute approximate surface area is 146 Å². The second-order valence-corrected chi connectivity index (χ2v) is 5.76. The van der Waals surface area contributed by atoms with E-state index in [2.05, 4.69) is 15.3 Å². The van der Waals surface area contributed by atoms with E-state index in [9.17, 15) is 4.79 Å². The van der Waals surface area contributed by atoms with Gasteiger partial charge in [-0.2, -0.15) is 0 Å². The number of rotatable bonds is 5. The number of furan rings is 1. The third-order valence-corrected chi connectivity index (χ3v) is 3.82. The fraction of sp³-hybridized carbons (Fsp3) is 0.150. The molecule has 0 saturated carbocycles. The summed E-state index contributed by atoms with van der Waals surface area (Å²) in [6.45, 7) is 3.81. The van der Waals surface area contributed by atoms with Gasteiger partial charge in [0, 0.05) is 24.0 Å². The van der Waals surface area contributed by atoms with E-state index < -0.39 is 0 Å². The van der Waals surface area contributed by atoms with Gasteiger partial charge in [0.15, 0.2) is 0 Å². The van der Waals surface area contributed by atoms with Crippen molar-refractivity contribution in [1.82, 2.24) is 15.3 Å². The van der Waals surface area contributed by atoms with Crippen LogP contribution in [0.5, 0.6) is 0 Å². The fourth-order valence-corrected chi connectivity index (χ4v) is 2.46. The predicted octanol–water partition coefficient (Wildman–Crippen LogP) is 3.94. The fourth-order valence-electron chi connectivity index (χ4n) is 2.46. The van der Waals surface area contributed by atoms with Crippen LogP contribution >= 0.6 is 0 Å². The SMILES string of the molecule is Cc1ccc(/C=C\C(=O)N[C@@H](C)c2ccc(-c3cncnc3)cc2)o1. The van der Waals surface area contributed by atoms with Crippen LogP contribution in [0.3, 0.4) is 0 Å². The van der Waals surface area contributed by atoms with Gasteiger partial charge in [0.05, 0.1) is 6.04 Å². The zero-order chi connectivity index (χ0) is 17.6. The lowest BCUT2D eigenvalue weighted by Gasteiger charge is -2.13. The van der Waals surface area contributed by atoms with Crippen molar-refractivity contribution >= 4 is 12.0 Å². The molecule has 1 atom stereocenters. The number of aromatic nitrogens is 2. The van der Waals surface area contributed by atoms with Crippen molar-refractivity contribution in [2.75, 3.05) is 0 Å². The Bertz CT molecular complexity index is 867. The second kappa shape index (κ2) is 7.57. The quantitative estimate of drug-likeness (QED) is 0.718. The van der Waals surface area contributed by atoms with Gasteiger partial charge in [-0.25, -0.2) is 9.97 Å². The first kappa shape index (κ1) is 16.6. The Hall–Kier alpha value is -3.21. The molecule has 0 aliphatic rings. The number of nitrogens with zero attached hydrogens (tertiary/aromatic N) is 2. The molecule has 5 heteroatoms. The highest BCUT2D eigenvalue weighted by Crippen LogP contribution is 2.20. The van der Waals surface area contributed by atoms with E-state index in [-0.39, 0.29) is 11.9 Å². The molecule has 3 rings (SSSR count). The van der Waals surface area contributed by atoms with Gasteiger partial charge >= 0.3 is 0 Å². The first-order valence-electron chi connectivity index (χ1n) is 8.02. The van der Waals surface area contributed by atoms with Gasteiger partial charge < -0.3 is 9.73 Å². The molecule has 0 bridgehead atoms. The van der Waals surface area contributed by atoms with E-state index in [0.717, 1.165) is 22.5 Å². The molecule has 0 spiro atoms. The van der Waals surface area contributed by atoms with E-state index in [1.54, 1.807) is 18.5 Å². The first-order valence-corrected chi connectivity index (χ1v) is 8.02. The number of carbonyl (C=O) groups excluding carboxylic acids is 1. The number of hydrogen-bond acceptors (Lipinski definition) is 4. The van der Waals surface area contributed by atoms with Gasteiger partial charge in [0.2, 0.25) is 5.91 Å². The third kappa shape index (κ3) is 4.41. The van der Waals surface area contributed by atoms with Gasteiger partial charge in [0.1, 0.15) is 17.8 Å². The maximum absolute atomic E-state index is 12.0. The lowest BCUT2D eigenvalue weighted by molar-refractivity contribution is -0.117. The number of nitrogens with one attached hydrogen (secondary N) is 1. The summed E-state index contributed by atoms with van der Waals surface area (Å²) in [5.41, 5.74) is 3.02. The summed E-state index contributed by atoms with van der Waals surface area (Å²) in [4.78, 5) is 20.1. The molecule has 3 aromatic rings. The van der Waals surface area contributed by atoms with Gasteiger partial charge in [-0.15, -0.1) is 0 Å². The molecule has 0 aliphatic carbocycles. The lowest BCUT2D eigenvalue weighted by atomic mass is 10.0. The molecule has 25 heavy (non-hydrogen) atoms. The van der Waals surface area contributed by atoms with Crippen LogP contribution in [0.25, 0.3) is 17.2 Å². The normalized spacial score (nSPS) is 12.2. The molecule has 0 aliphatic heterocycles. The Balaban J connectivity index is 1.62. The van der Waals surface area contributed by atoms with E-state index in [4.69, 9.17) is 4.42 Å². The van der Waals surface area contributed by atoms with Crippen molar-refractivity contribution in [2.45, 2.75) is 19.9 Å². The summed E-state index contributed by atoms with van der Waals surface area (Å²) in [6, 6.07) is 11.6. The minimum Gasteiger partial charge on any atom is -0.462 e. The molecular weight excluding hydrogens is 314 g/mol. The molecule has 1 amide bonds. The van der Waals surface area contributed by atoms with Crippen LogP contribution in [0.1, 0.15) is 30.0 Å². The monoisotopic (exact) mass is 333 g/mol. The Morgan fingerprint density at radius 2 is 1.80 bits per heavy atom. The Morgan fingerprint density at radius 1 is 1.08 bits per heavy atom. The standard InChI is InChI=1S/C20H19N3O2/c1-14-3-8-19(25-14)9-10-20(24)23-15(2)16-4-6-17(7-5-16)18-11-21-13-22-12-18/h3-13,15H,1-2H3,(H,23,24)/b10-9-/t15-/m0/s1. The maximum Gasteiger partial charge on any atom is 0.244 e. The summed E-state index contributed by atoms with van der Waals surface area (Å²) < 4.78 is 5.40. The Kier molecular flexibility index (Phi) is 5.04. The summed E-state index contributed by atoms with van der Waals surface area (Å²) in [5.74, 6) is 1.31. The molecule has 0 fully saturated rings. The average molecular weight is 333 g/mol. The molecule has 0 unspecified atom stereocenters. The van der Waals surface area contributed by atoms with Gasteiger partial charge in [-0.05, 0) is 43.2 Å². The van der Waals surface area contributed by atoms with Crippen LogP contribution in [-0.2, 0) is 4.79 Å². The summed E-state index contributed by atoms with van der Waals surface area (Å²) in [7, 11) is 0. The van der Waals surface area contributed by atoms with Crippen molar-refractivity contribution in [3.8, 4) is 11.1 Å². The van der Waals surface area contributed by atoms with Crippen LogP contribution < -0.4 is 5.32 Å². The number of carbonyl (C=O) groups is 1. The van der Waals surface area contributed by atoms with Crippen LogP contribution in [0.2, 0.25) is 0 Å². The van der Waals surface area contributed by atoms with Crippen LogP contribution in [0.4, 0.5) is 0 Å². The van der Waals surface area contributed by atoms with Crippen molar-refractivity contribution in [2.24, 2.45) is 0 Å². The Morgan fingerprint density at radius 3 is 2.44 bits per heavy atom. The third-order valence-electron chi connectivity index (χ3n) is 3.82. The molecule has 2 aromatic heterocycles. The minimum atomic E-state index is -0.165. The minimum absolute atomic E-state index is 0.100. The van der Waals surface area contributed by atoms with E-state index in [0.29, 0.717) is 5.76 Å². The van der Waals surface area contributed by atoms with Gasteiger partial charge in [-0.1, -0.05) is 24.3 Å². The van der Waals surface area contributed by atoms with Crippen molar-refractivity contribution in [3.63, 3.8) is 0 Å². The maximum atomic E-state index is 12.0. The van der Waals surface area contributed by atoms with Crippen molar-refractivity contribution in [1.29, 1.82) is 0 Å². The number of benzene rings is 1. The first-order chi connectivity index (χ1) is 12.1. The molecule has 0 saturated heterocycles. The molecule has 2 heterocycles. The summed E-state index contributed by atoms with van der Waals surface area (Å²) >= 11 is 0. The smallest absolute Gasteiger partial charge is 0.244 e. The highest BCUT2D eigenvalue weighted by atomic mass is 16.3. The molecule has 1 N–H and O–H groups in total. The lowest BCUT2D eigenvalue weighted by Crippen LogP contribution is -2.24. The van der Waals surface area contributed by atoms with Crippen LogP contribution in [-0.4, -0.2) is 15.9 Å². The van der Waals surface area contributed by atoms with Gasteiger partial charge in [0.25, 0.3) is 0 Å². The largest absolute Gasteiger partial charge is 0.462 e. The summed E-state index contributed by atoms with van der Waals surface area (Å²) in [5, 5.41) is 2.94. The number of aryl methyl sites for hydroxylation is 1. The highest BCUT2D eigenvalue weighted by Gasteiger charge is 2.08. The zero-order valence-corrected chi connectivity index (χ0v) is 14.1. The van der Waals surface area contributed by atoms with E-state index in [1.807, 2.05) is 50.2 Å². The van der Waals surface area contributed by atoms with E-state index >= 15 is 0 Å². The average Bonchev–Trinajstić information content (AvgIpc) is 3.06. The van der Waals surface area contributed by atoms with Gasteiger partial charge in [-0.3, -0.25) is 4.79 Å². The highest BCUT2D eigenvalue weighted by molar-refractivity contribution is 5.91. The topological polar surface area (TPSA) is 68.0 Å². The number of hydrogen-bond donors (Lipinski definition) is 1. The van der Waals surface area contributed by atoms with E-state index in [1.165, 1.54) is 12.4 Å². The molecule has 5 nitrogen and oxygen atoms in total. The molecule has 0 radical (unpaired) electrons. The van der Waals surface area contributed by atoms with Crippen LogP contribution in [0.15, 0.2) is 65.6 Å². The van der Waals surface area contributed by atoms with Crippen molar-refractivity contribution in [3.05, 3.63) is 78.3 Å². The zero-order valence-electron chi connectivity index (χ0n) is 14.1. The molecule has 1 aromatic carbocycles. The summed E-state index contributed by atoms with van der Waals surface area (Å²) in [6.07, 6.45) is 8.19. The van der Waals surface area contributed by atoms with Crippen LogP contribution in [0, 0.1) is 6.92 Å². The predicted molar refractivity (Wildman–Crippen MR) is 96.5 cm³/mol. The molecule has 126 valence electrons. The number of amides is 1. The molecular formula is C20H19N3O2. The second-order valence-electron chi connectivity index (χ2n) is 5.76. The van der Waals surface area contributed by atoms with Crippen molar-refractivity contribution < 1.29 is 9.21 Å².